The molecule has 5 nitrogen and oxygen atoms in total. The first-order valence-electron chi connectivity index (χ1n) is 4.83. The molecule has 0 aliphatic heterocycles. The summed E-state index contributed by atoms with van der Waals surface area (Å²) in [5.74, 6) is -0.471. The van der Waals surface area contributed by atoms with E-state index >= 15 is 0 Å². The monoisotopic (exact) mass is 259 g/mol. The van der Waals surface area contributed by atoms with Crippen LogP contribution in [-0.4, -0.2) is 25.3 Å². The number of halogens is 1. The van der Waals surface area contributed by atoms with E-state index in [-0.39, 0.29) is 5.56 Å². The van der Waals surface area contributed by atoms with Gasteiger partial charge in [0.15, 0.2) is 11.5 Å². The number of ether oxygens (including phenoxy) is 2. The topological polar surface area (TPSA) is 81.8 Å². The zero-order valence-electron chi connectivity index (χ0n) is 9.78. The number of hydrogen-bond donors (Lipinski definition) is 2. The van der Waals surface area contributed by atoms with E-state index in [1.807, 2.05) is 0 Å². The largest absolute Gasteiger partial charge is 0.493 e. The van der Waals surface area contributed by atoms with Crippen molar-refractivity contribution in [3.8, 4) is 11.5 Å². The lowest BCUT2D eigenvalue weighted by Gasteiger charge is -2.18. The number of hydrogen-bond acceptors (Lipinski definition) is 4. The normalized spacial score (nSPS) is 12.1. The van der Waals surface area contributed by atoms with Crippen LogP contribution in [0.3, 0.4) is 0 Å². The van der Waals surface area contributed by atoms with Crippen LogP contribution in [0.1, 0.15) is 17.2 Å². The van der Waals surface area contributed by atoms with Crippen LogP contribution in [0, 0.1) is 6.92 Å². The maximum absolute atomic E-state index is 10.9. The van der Waals surface area contributed by atoms with E-state index in [1.54, 1.807) is 6.92 Å². The van der Waals surface area contributed by atoms with E-state index < -0.39 is 12.0 Å². The van der Waals surface area contributed by atoms with Crippen molar-refractivity contribution in [2.45, 2.75) is 13.0 Å². The summed E-state index contributed by atoms with van der Waals surface area (Å²) in [5.41, 5.74) is 6.52. The van der Waals surface area contributed by atoms with Gasteiger partial charge in [0.1, 0.15) is 6.04 Å². The second kappa shape index (κ2) is 5.25. The third-order valence-corrected chi connectivity index (χ3v) is 2.85. The molecule has 0 bridgehead atoms. The number of carbonyl (C=O) groups is 1. The van der Waals surface area contributed by atoms with E-state index in [4.69, 9.17) is 31.9 Å². The lowest BCUT2D eigenvalue weighted by atomic mass is 10.0. The molecule has 0 saturated carbocycles. The molecular weight excluding hydrogens is 246 g/mol. The van der Waals surface area contributed by atoms with Gasteiger partial charge >= 0.3 is 5.97 Å². The van der Waals surface area contributed by atoms with Crippen LogP contribution in [0.2, 0.25) is 5.02 Å². The van der Waals surface area contributed by atoms with Crippen LogP contribution >= 0.6 is 11.6 Å². The van der Waals surface area contributed by atoms with Crippen molar-refractivity contribution < 1.29 is 19.4 Å². The van der Waals surface area contributed by atoms with Crippen molar-refractivity contribution in [2.75, 3.05) is 14.2 Å². The van der Waals surface area contributed by atoms with Crippen LogP contribution in [0.25, 0.3) is 0 Å². The molecular formula is C11H14ClNO4. The van der Waals surface area contributed by atoms with Gasteiger partial charge in [-0.05, 0) is 13.0 Å². The van der Waals surface area contributed by atoms with E-state index in [9.17, 15) is 4.79 Å². The molecule has 1 aromatic carbocycles. The standard InChI is InChI=1S/C11H14ClNO4/c1-5-7(12)4-6(8(13)11(14)15)10(17-3)9(5)16-2/h4,8H,13H2,1-3H3,(H,14,15). The van der Waals surface area contributed by atoms with Crippen molar-refractivity contribution in [3.05, 3.63) is 22.2 Å². The van der Waals surface area contributed by atoms with Crippen LogP contribution < -0.4 is 15.2 Å². The summed E-state index contributed by atoms with van der Waals surface area (Å²) in [7, 11) is 2.88. The van der Waals surface area contributed by atoms with Crippen molar-refractivity contribution in [2.24, 2.45) is 5.73 Å². The Bertz CT molecular complexity index is 448. The SMILES string of the molecule is COc1c(C(N)C(=O)O)cc(Cl)c(C)c1OC. The fraction of sp³-hybridized carbons (Fsp3) is 0.364. The predicted octanol–water partition coefficient (Wildman–Crippen LogP) is 1.75. The number of aliphatic carboxylic acids is 1. The first kappa shape index (κ1) is 13.6. The molecule has 94 valence electrons. The molecule has 0 aliphatic carbocycles. The molecule has 0 fully saturated rings. The van der Waals surface area contributed by atoms with Gasteiger partial charge in [-0.15, -0.1) is 0 Å². The molecule has 0 aromatic heterocycles. The van der Waals surface area contributed by atoms with E-state index in [1.165, 1.54) is 20.3 Å². The molecule has 0 radical (unpaired) electrons. The molecule has 6 heteroatoms. The van der Waals surface area contributed by atoms with E-state index in [0.29, 0.717) is 22.1 Å². The third kappa shape index (κ3) is 2.45. The average molecular weight is 260 g/mol. The molecule has 1 rings (SSSR count). The third-order valence-electron chi connectivity index (χ3n) is 2.46. The summed E-state index contributed by atoms with van der Waals surface area (Å²) < 4.78 is 10.3. The summed E-state index contributed by atoms with van der Waals surface area (Å²) in [6.07, 6.45) is 0. The van der Waals surface area contributed by atoms with Crippen LogP contribution in [-0.2, 0) is 4.79 Å². The lowest BCUT2D eigenvalue weighted by molar-refractivity contribution is -0.138. The molecule has 1 unspecified atom stereocenters. The summed E-state index contributed by atoms with van der Waals surface area (Å²) in [5, 5.41) is 9.30. The van der Waals surface area contributed by atoms with Gasteiger partial charge in [0.25, 0.3) is 0 Å². The molecule has 0 aliphatic rings. The summed E-state index contributed by atoms with van der Waals surface area (Å²) in [6, 6.07) is 0.272. The Kier molecular flexibility index (Phi) is 4.20. The Hall–Kier alpha value is -1.46. The second-order valence-electron chi connectivity index (χ2n) is 3.46. The molecule has 1 atom stereocenters. The highest BCUT2D eigenvalue weighted by Crippen LogP contribution is 2.40. The highest BCUT2D eigenvalue weighted by molar-refractivity contribution is 6.31. The molecule has 0 spiro atoms. The Morgan fingerprint density at radius 1 is 1.41 bits per heavy atom. The quantitative estimate of drug-likeness (QED) is 0.861. The molecule has 3 N–H and O–H groups in total. The molecule has 1 aromatic rings. The molecule has 0 saturated heterocycles. The number of methoxy groups -OCH3 is 2. The second-order valence-corrected chi connectivity index (χ2v) is 3.86. The Balaban J connectivity index is 3.49. The van der Waals surface area contributed by atoms with Gasteiger partial charge in [-0.2, -0.15) is 0 Å². The predicted molar refractivity (Wildman–Crippen MR) is 63.9 cm³/mol. The van der Waals surface area contributed by atoms with Gasteiger partial charge in [0, 0.05) is 16.1 Å². The Morgan fingerprint density at radius 2 is 1.94 bits per heavy atom. The van der Waals surface area contributed by atoms with Gasteiger partial charge < -0.3 is 20.3 Å². The smallest absolute Gasteiger partial charge is 0.325 e. The number of carboxylic acid groups (broad SMARTS) is 1. The number of carboxylic acids is 1. The molecule has 0 amide bonds. The minimum atomic E-state index is -1.21. The summed E-state index contributed by atoms with van der Waals surface area (Å²) >= 11 is 5.99. The van der Waals surface area contributed by atoms with Crippen molar-refractivity contribution in [1.82, 2.24) is 0 Å². The van der Waals surface area contributed by atoms with Crippen molar-refractivity contribution in [1.29, 1.82) is 0 Å². The fourth-order valence-electron chi connectivity index (χ4n) is 1.54. The maximum Gasteiger partial charge on any atom is 0.325 e. The number of rotatable bonds is 4. The van der Waals surface area contributed by atoms with Gasteiger partial charge in [-0.1, -0.05) is 11.6 Å². The fourth-order valence-corrected chi connectivity index (χ4v) is 1.74. The number of nitrogens with two attached hydrogens (primary N) is 1. The maximum atomic E-state index is 10.9. The minimum Gasteiger partial charge on any atom is -0.493 e. The van der Waals surface area contributed by atoms with Gasteiger partial charge in [-0.25, -0.2) is 0 Å². The van der Waals surface area contributed by atoms with Crippen LogP contribution in [0.15, 0.2) is 6.07 Å². The highest BCUT2D eigenvalue weighted by Gasteiger charge is 2.24. The average Bonchev–Trinajstić information content (AvgIpc) is 2.30. The van der Waals surface area contributed by atoms with Gasteiger partial charge in [0.2, 0.25) is 0 Å². The zero-order chi connectivity index (χ0) is 13.2. The van der Waals surface area contributed by atoms with Crippen LogP contribution in [0.4, 0.5) is 0 Å². The van der Waals surface area contributed by atoms with Crippen molar-refractivity contribution in [3.63, 3.8) is 0 Å². The minimum absolute atomic E-state index is 0.285. The van der Waals surface area contributed by atoms with Crippen LogP contribution in [0.5, 0.6) is 11.5 Å². The molecule has 0 heterocycles. The highest BCUT2D eigenvalue weighted by atomic mass is 35.5. The van der Waals surface area contributed by atoms with Gasteiger partial charge in [0.05, 0.1) is 14.2 Å². The molecule has 17 heavy (non-hydrogen) atoms. The first-order chi connectivity index (χ1) is 7.93. The van der Waals surface area contributed by atoms with E-state index in [0.717, 1.165) is 0 Å². The first-order valence-corrected chi connectivity index (χ1v) is 5.21. The Morgan fingerprint density at radius 3 is 2.35 bits per heavy atom. The Labute approximate surface area is 104 Å². The van der Waals surface area contributed by atoms with Gasteiger partial charge in [-0.3, -0.25) is 4.79 Å². The summed E-state index contributed by atoms with van der Waals surface area (Å²) in [6.45, 7) is 1.75. The van der Waals surface area contributed by atoms with E-state index in [2.05, 4.69) is 0 Å². The lowest BCUT2D eigenvalue weighted by Crippen LogP contribution is -2.21. The van der Waals surface area contributed by atoms with Crippen molar-refractivity contribution >= 4 is 17.6 Å². The zero-order valence-corrected chi connectivity index (χ0v) is 10.5. The summed E-state index contributed by atoms with van der Waals surface area (Å²) in [4.78, 5) is 10.9. The number of benzene rings is 1.